The molecule has 1 aromatic heterocycles. The highest BCUT2D eigenvalue weighted by Gasteiger charge is 2.16. The lowest BCUT2D eigenvalue weighted by molar-refractivity contribution is 0.0683. The second kappa shape index (κ2) is 4.61. The van der Waals surface area contributed by atoms with Crippen molar-refractivity contribution < 1.29 is 9.90 Å². The molecule has 82 valence electrons. The summed E-state index contributed by atoms with van der Waals surface area (Å²) >= 11 is 3.12. The molecule has 0 aliphatic rings. The third-order valence-corrected chi connectivity index (χ3v) is 2.74. The Kier molecular flexibility index (Phi) is 3.68. The van der Waals surface area contributed by atoms with E-state index in [1.807, 2.05) is 6.92 Å². The van der Waals surface area contributed by atoms with Crippen molar-refractivity contribution in [1.82, 2.24) is 4.57 Å². The molecule has 0 radical (unpaired) electrons. The van der Waals surface area contributed by atoms with Crippen molar-refractivity contribution in [3.63, 3.8) is 0 Å². The van der Waals surface area contributed by atoms with Crippen molar-refractivity contribution in [3.05, 3.63) is 32.2 Å². The average molecular weight is 274 g/mol. The van der Waals surface area contributed by atoms with Crippen LogP contribution < -0.4 is 5.56 Å². The predicted molar refractivity (Wildman–Crippen MR) is 60.3 cm³/mol. The van der Waals surface area contributed by atoms with Crippen molar-refractivity contribution >= 4 is 21.9 Å². The van der Waals surface area contributed by atoms with Gasteiger partial charge in [-0.15, -0.1) is 0 Å². The van der Waals surface area contributed by atoms with Gasteiger partial charge in [0.05, 0.1) is 4.47 Å². The minimum atomic E-state index is -1.06. The maximum Gasteiger partial charge on any atom is 0.352 e. The Hall–Kier alpha value is -1.10. The van der Waals surface area contributed by atoms with Gasteiger partial charge >= 0.3 is 5.97 Å². The first-order chi connectivity index (χ1) is 6.99. The van der Waals surface area contributed by atoms with Crippen LogP contribution in [0.25, 0.3) is 0 Å². The number of carboxylic acids is 1. The Balaban J connectivity index is 3.50. The Labute approximate surface area is 95.7 Å². The summed E-state index contributed by atoms with van der Waals surface area (Å²) in [7, 11) is 1.47. The van der Waals surface area contributed by atoms with Crippen LogP contribution in [0.3, 0.4) is 0 Å². The number of hydrogen-bond donors (Lipinski definition) is 1. The summed E-state index contributed by atoms with van der Waals surface area (Å²) in [6, 6.07) is 1.59. The zero-order valence-corrected chi connectivity index (χ0v) is 10.2. The van der Waals surface area contributed by atoms with Gasteiger partial charge in [-0.3, -0.25) is 4.79 Å². The van der Waals surface area contributed by atoms with E-state index in [0.29, 0.717) is 16.5 Å². The van der Waals surface area contributed by atoms with E-state index in [1.54, 1.807) is 6.07 Å². The van der Waals surface area contributed by atoms with Gasteiger partial charge in [0, 0.05) is 7.05 Å². The summed E-state index contributed by atoms with van der Waals surface area (Å²) in [6.45, 7) is 1.96. The summed E-state index contributed by atoms with van der Waals surface area (Å²) in [4.78, 5) is 22.5. The largest absolute Gasteiger partial charge is 0.477 e. The minimum Gasteiger partial charge on any atom is -0.477 e. The molecular formula is C10H12BrNO3. The maximum absolute atomic E-state index is 11.5. The van der Waals surface area contributed by atoms with Crippen molar-refractivity contribution in [2.45, 2.75) is 19.8 Å². The van der Waals surface area contributed by atoms with Crippen molar-refractivity contribution in [2.24, 2.45) is 7.05 Å². The van der Waals surface area contributed by atoms with Crippen LogP contribution in [-0.2, 0) is 13.5 Å². The van der Waals surface area contributed by atoms with Crippen LogP contribution >= 0.6 is 15.9 Å². The highest BCUT2D eigenvalue weighted by molar-refractivity contribution is 9.10. The lowest BCUT2D eigenvalue weighted by atomic mass is 10.1. The third kappa shape index (κ3) is 2.28. The summed E-state index contributed by atoms with van der Waals surface area (Å²) in [5, 5.41) is 9.01. The Morgan fingerprint density at radius 1 is 1.60 bits per heavy atom. The number of hydrogen-bond acceptors (Lipinski definition) is 2. The molecule has 1 heterocycles. The highest BCUT2D eigenvalue weighted by Crippen LogP contribution is 2.14. The zero-order chi connectivity index (χ0) is 11.6. The molecule has 0 atom stereocenters. The molecule has 1 N–H and O–H groups in total. The van der Waals surface area contributed by atoms with Crippen LogP contribution in [0.5, 0.6) is 0 Å². The predicted octanol–water partition coefficient (Wildman–Crippen LogP) is 1.80. The number of pyridine rings is 1. The zero-order valence-electron chi connectivity index (χ0n) is 8.58. The second-order valence-electron chi connectivity index (χ2n) is 3.29. The molecule has 0 aliphatic heterocycles. The molecule has 0 bridgehead atoms. The standard InChI is InChI=1S/C10H12BrNO3/c1-3-4-6-5-7(11)9(13)12(2)8(6)10(14)15/h5H,3-4H2,1-2H3,(H,14,15). The number of carboxylic acid groups (broad SMARTS) is 1. The molecule has 4 nitrogen and oxygen atoms in total. The first-order valence-electron chi connectivity index (χ1n) is 4.60. The number of aromatic nitrogens is 1. The summed E-state index contributed by atoms with van der Waals surface area (Å²) in [5.41, 5.74) is 0.427. The number of halogens is 1. The SMILES string of the molecule is CCCc1cc(Br)c(=O)n(C)c1C(=O)O. The van der Waals surface area contributed by atoms with Gasteiger partial charge in [-0.05, 0) is 34.0 Å². The quantitative estimate of drug-likeness (QED) is 0.914. The first kappa shape index (κ1) is 12.0. The lowest BCUT2D eigenvalue weighted by Crippen LogP contribution is -2.25. The van der Waals surface area contributed by atoms with Gasteiger partial charge in [0.2, 0.25) is 0 Å². The molecule has 0 aromatic carbocycles. The molecule has 0 aliphatic carbocycles. The van der Waals surface area contributed by atoms with Crippen LogP contribution in [0, 0.1) is 0 Å². The van der Waals surface area contributed by atoms with Crippen molar-refractivity contribution in [2.75, 3.05) is 0 Å². The average Bonchev–Trinajstić information content (AvgIpc) is 2.14. The molecule has 15 heavy (non-hydrogen) atoms. The maximum atomic E-state index is 11.5. The smallest absolute Gasteiger partial charge is 0.352 e. The number of rotatable bonds is 3. The van der Waals surface area contributed by atoms with E-state index < -0.39 is 5.97 Å². The highest BCUT2D eigenvalue weighted by atomic mass is 79.9. The van der Waals surface area contributed by atoms with Gasteiger partial charge in [-0.2, -0.15) is 0 Å². The summed E-state index contributed by atoms with van der Waals surface area (Å²) < 4.78 is 1.57. The summed E-state index contributed by atoms with van der Waals surface area (Å²) in [6.07, 6.45) is 1.49. The van der Waals surface area contributed by atoms with Gasteiger partial charge in [0.1, 0.15) is 5.69 Å². The Morgan fingerprint density at radius 3 is 2.67 bits per heavy atom. The monoisotopic (exact) mass is 273 g/mol. The van der Waals surface area contributed by atoms with E-state index in [-0.39, 0.29) is 11.3 Å². The van der Waals surface area contributed by atoms with Gasteiger partial charge in [0.25, 0.3) is 5.56 Å². The fourth-order valence-corrected chi connectivity index (χ4v) is 2.04. The molecule has 0 saturated heterocycles. The molecule has 0 fully saturated rings. The van der Waals surface area contributed by atoms with Crippen LogP contribution in [0.15, 0.2) is 15.3 Å². The molecule has 5 heteroatoms. The van der Waals surface area contributed by atoms with Crippen molar-refractivity contribution in [1.29, 1.82) is 0 Å². The molecule has 1 aromatic rings. The fraction of sp³-hybridized carbons (Fsp3) is 0.400. The topological polar surface area (TPSA) is 59.3 Å². The Bertz CT molecular complexity index is 451. The van der Waals surface area contributed by atoms with E-state index in [0.717, 1.165) is 11.0 Å². The minimum absolute atomic E-state index is 0.0741. The molecule has 0 amide bonds. The van der Waals surface area contributed by atoms with E-state index in [9.17, 15) is 9.59 Å². The normalized spacial score (nSPS) is 10.3. The van der Waals surface area contributed by atoms with Crippen LogP contribution in [0.1, 0.15) is 29.4 Å². The second-order valence-corrected chi connectivity index (χ2v) is 4.14. The van der Waals surface area contributed by atoms with Crippen LogP contribution in [0.2, 0.25) is 0 Å². The number of aryl methyl sites for hydroxylation is 1. The lowest BCUT2D eigenvalue weighted by Gasteiger charge is -2.10. The molecule has 0 spiro atoms. The number of aromatic carboxylic acids is 1. The van der Waals surface area contributed by atoms with Gasteiger partial charge in [-0.1, -0.05) is 13.3 Å². The van der Waals surface area contributed by atoms with Crippen LogP contribution in [0.4, 0.5) is 0 Å². The first-order valence-corrected chi connectivity index (χ1v) is 5.40. The van der Waals surface area contributed by atoms with Crippen LogP contribution in [-0.4, -0.2) is 15.6 Å². The number of nitrogens with zero attached hydrogens (tertiary/aromatic N) is 1. The molecular weight excluding hydrogens is 262 g/mol. The van der Waals surface area contributed by atoms with E-state index >= 15 is 0 Å². The van der Waals surface area contributed by atoms with E-state index in [4.69, 9.17) is 5.11 Å². The Morgan fingerprint density at radius 2 is 2.20 bits per heavy atom. The van der Waals surface area contributed by atoms with Gasteiger partial charge < -0.3 is 9.67 Å². The van der Waals surface area contributed by atoms with E-state index in [1.165, 1.54) is 7.05 Å². The van der Waals surface area contributed by atoms with Crippen molar-refractivity contribution in [3.8, 4) is 0 Å². The summed E-state index contributed by atoms with van der Waals surface area (Å²) in [5.74, 6) is -1.06. The molecule has 0 unspecified atom stereocenters. The fourth-order valence-electron chi connectivity index (χ4n) is 1.50. The number of carbonyl (C=O) groups is 1. The molecule has 1 rings (SSSR count). The van der Waals surface area contributed by atoms with Gasteiger partial charge in [-0.25, -0.2) is 4.79 Å². The van der Waals surface area contributed by atoms with Gasteiger partial charge in [0.15, 0.2) is 0 Å². The van der Waals surface area contributed by atoms with E-state index in [2.05, 4.69) is 15.9 Å². The third-order valence-electron chi connectivity index (χ3n) is 2.17. The molecule has 0 saturated carbocycles.